The van der Waals surface area contributed by atoms with Crippen molar-refractivity contribution in [1.82, 2.24) is 25.1 Å². The van der Waals surface area contributed by atoms with Crippen LogP contribution in [0.25, 0.3) is 0 Å². The molecular weight excluding hydrogens is 684 g/mol. The minimum Gasteiger partial charge on any atom is -0.390 e. The topological polar surface area (TPSA) is 162 Å². The summed E-state index contributed by atoms with van der Waals surface area (Å²) in [6.07, 6.45) is 5.89. The predicted octanol–water partition coefficient (Wildman–Crippen LogP) is 4.76. The first-order valence-corrected chi connectivity index (χ1v) is 19.3. The van der Waals surface area contributed by atoms with Gasteiger partial charge in [-0.15, -0.1) is 11.3 Å². The number of aliphatic hydroxyl groups excluding tert-OH is 2. The number of carbonyl (C=O) groups is 3. The summed E-state index contributed by atoms with van der Waals surface area (Å²) in [4.78, 5) is 53.3. The first-order chi connectivity index (χ1) is 24.9. The van der Waals surface area contributed by atoms with Gasteiger partial charge in [-0.05, 0) is 42.9 Å². The van der Waals surface area contributed by atoms with Gasteiger partial charge in [0.2, 0.25) is 17.7 Å². The Labute approximate surface area is 310 Å². The van der Waals surface area contributed by atoms with Gasteiger partial charge in [-0.2, -0.15) is 0 Å². The maximum atomic E-state index is 14.9. The molecule has 0 radical (unpaired) electrons. The van der Waals surface area contributed by atoms with Gasteiger partial charge >= 0.3 is 0 Å². The number of nitrogens with two attached hydrogens (primary N) is 1. The number of benzene rings is 1. The standard InChI is InChI=1S/C39H55FN6O5S/c1-26(2)19-34(47)37(50)33(20-27-11-5-4-6-12-27)44-38(51)29(21-31-25-52-39(41)43-31)22-35(48)46(23-28-13-7-8-15-32(28)40)24-36(49)45(3)18-16-30-14-9-10-17-42-30/h7-10,13-15,17,25-27,29,33-34,37,47,50H,4-6,11-12,16,18-24H2,1-3H3,(H2,41,43)(H,44,51)/t29-,33+,34+,37-/m1/s1. The number of carbonyl (C=O) groups excluding carboxylic acids is 3. The molecule has 2 heterocycles. The maximum Gasteiger partial charge on any atom is 0.241 e. The summed E-state index contributed by atoms with van der Waals surface area (Å²) in [6.45, 7) is 3.78. The van der Waals surface area contributed by atoms with Crippen molar-refractivity contribution in [3.63, 3.8) is 0 Å². The lowest BCUT2D eigenvalue weighted by molar-refractivity contribution is -0.142. The minimum absolute atomic E-state index is 0.0809. The van der Waals surface area contributed by atoms with E-state index >= 15 is 0 Å². The molecule has 13 heteroatoms. The van der Waals surface area contributed by atoms with Gasteiger partial charge in [0.1, 0.15) is 18.5 Å². The van der Waals surface area contributed by atoms with Gasteiger partial charge in [0.15, 0.2) is 5.13 Å². The van der Waals surface area contributed by atoms with Crippen LogP contribution in [0.2, 0.25) is 0 Å². The van der Waals surface area contributed by atoms with Crippen molar-refractivity contribution in [2.75, 3.05) is 25.9 Å². The maximum absolute atomic E-state index is 14.9. The highest BCUT2D eigenvalue weighted by atomic mass is 32.1. The van der Waals surface area contributed by atoms with Gasteiger partial charge in [0, 0.05) is 62.2 Å². The Morgan fingerprint density at radius 3 is 2.42 bits per heavy atom. The highest BCUT2D eigenvalue weighted by Crippen LogP contribution is 2.29. The van der Waals surface area contributed by atoms with Crippen molar-refractivity contribution in [3.05, 3.63) is 76.8 Å². The van der Waals surface area contributed by atoms with Crippen LogP contribution in [0.5, 0.6) is 0 Å². The Morgan fingerprint density at radius 2 is 1.77 bits per heavy atom. The summed E-state index contributed by atoms with van der Waals surface area (Å²) < 4.78 is 14.9. The summed E-state index contributed by atoms with van der Waals surface area (Å²) in [7, 11) is 1.64. The summed E-state index contributed by atoms with van der Waals surface area (Å²) in [5, 5.41) is 27.4. The second-order valence-corrected chi connectivity index (χ2v) is 15.4. The SMILES string of the molecule is CC(C)C[C@H](O)[C@H](O)[C@H](CC1CCCCC1)NC(=O)[C@@H](CC(=O)N(CC(=O)N(C)CCc1ccccn1)Cc1ccccc1F)Cc1csc(N)n1. The molecule has 0 unspecified atom stereocenters. The van der Waals surface area contributed by atoms with E-state index in [1.807, 2.05) is 32.0 Å². The fraction of sp³-hybridized carbons (Fsp3) is 0.564. The third kappa shape index (κ3) is 12.9. The van der Waals surface area contributed by atoms with Crippen LogP contribution in [-0.4, -0.2) is 86.1 Å². The lowest BCUT2D eigenvalue weighted by Crippen LogP contribution is -2.52. The molecule has 0 aliphatic heterocycles. The molecule has 284 valence electrons. The molecule has 5 N–H and O–H groups in total. The van der Waals surface area contributed by atoms with Crippen molar-refractivity contribution in [3.8, 4) is 0 Å². The Bertz CT molecular complexity index is 1570. The number of nitrogen functional groups attached to an aromatic ring is 1. The molecule has 0 spiro atoms. The molecule has 0 saturated heterocycles. The van der Waals surface area contributed by atoms with E-state index in [-0.39, 0.29) is 49.2 Å². The Morgan fingerprint density at radius 1 is 1.04 bits per heavy atom. The minimum atomic E-state index is -1.20. The van der Waals surface area contributed by atoms with E-state index in [1.165, 1.54) is 27.2 Å². The van der Waals surface area contributed by atoms with Crippen LogP contribution in [0.15, 0.2) is 54.0 Å². The van der Waals surface area contributed by atoms with Crippen LogP contribution in [0, 0.1) is 23.6 Å². The van der Waals surface area contributed by atoms with E-state index in [1.54, 1.807) is 36.8 Å². The van der Waals surface area contributed by atoms with Gasteiger partial charge in [-0.3, -0.25) is 19.4 Å². The van der Waals surface area contributed by atoms with Crippen molar-refractivity contribution in [2.24, 2.45) is 17.8 Å². The van der Waals surface area contributed by atoms with Crippen LogP contribution < -0.4 is 11.1 Å². The van der Waals surface area contributed by atoms with Crippen molar-refractivity contribution in [1.29, 1.82) is 0 Å². The molecule has 1 saturated carbocycles. The average molecular weight is 739 g/mol. The number of likely N-dealkylation sites (N-methyl/N-ethyl adjacent to an activating group) is 1. The van der Waals surface area contributed by atoms with E-state index in [4.69, 9.17) is 5.73 Å². The lowest BCUT2D eigenvalue weighted by Gasteiger charge is -2.34. The molecule has 1 fully saturated rings. The lowest BCUT2D eigenvalue weighted by atomic mass is 9.82. The average Bonchev–Trinajstić information content (AvgIpc) is 3.54. The summed E-state index contributed by atoms with van der Waals surface area (Å²) in [5.74, 6) is -2.36. The third-order valence-electron chi connectivity index (χ3n) is 9.83. The van der Waals surface area contributed by atoms with Crippen LogP contribution in [0.1, 0.15) is 82.2 Å². The molecule has 1 aliphatic rings. The zero-order valence-electron chi connectivity index (χ0n) is 30.6. The highest BCUT2D eigenvalue weighted by Gasteiger charge is 2.34. The quantitative estimate of drug-likeness (QED) is 0.137. The van der Waals surface area contributed by atoms with Crippen molar-refractivity contribution in [2.45, 2.75) is 103 Å². The molecule has 11 nitrogen and oxygen atoms in total. The van der Waals surface area contributed by atoms with Crippen molar-refractivity contribution >= 4 is 34.2 Å². The molecule has 52 heavy (non-hydrogen) atoms. The Balaban J connectivity index is 1.56. The second-order valence-electron chi connectivity index (χ2n) is 14.6. The second kappa shape index (κ2) is 20.3. The van der Waals surface area contributed by atoms with Gasteiger partial charge in [0.05, 0.1) is 23.8 Å². The molecule has 2 aromatic heterocycles. The van der Waals surface area contributed by atoms with Crippen molar-refractivity contribution < 1.29 is 29.0 Å². The number of anilines is 1. The molecule has 3 aromatic rings. The fourth-order valence-corrected chi connectivity index (χ4v) is 7.40. The van der Waals surface area contributed by atoms with Crippen LogP contribution in [0.3, 0.4) is 0 Å². The monoisotopic (exact) mass is 738 g/mol. The number of amides is 3. The Hall–Kier alpha value is -3.94. The van der Waals surface area contributed by atoms with E-state index in [9.17, 15) is 29.0 Å². The number of nitrogens with one attached hydrogen (secondary N) is 1. The number of halogens is 1. The van der Waals surface area contributed by atoms with Crippen LogP contribution in [0.4, 0.5) is 9.52 Å². The number of aromatic nitrogens is 2. The fourth-order valence-electron chi connectivity index (χ4n) is 6.82. The molecule has 0 bridgehead atoms. The first kappa shape index (κ1) is 40.8. The third-order valence-corrected chi connectivity index (χ3v) is 10.6. The van der Waals surface area contributed by atoms with Gasteiger partial charge in [-0.25, -0.2) is 9.37 Å². The summed E-state index contributed by atoms with van der Waals surface area (Å²) in [5.41, 5.74) is 7.50. The number of pyridine rings is 1. The predicted molar refractivity (Wildman–Crippen MR) is 200 cm³/mol. The number of aliphatic hydroxyl groups is 2. The number of hydrogen-bond acceptors (Lipinski definition) is 9. The van der Waals surface area contributed by atoms with Gasteiger partial charge < -0.3 is 31.1 Å². The van der Waals surface area contributed by atoms with E-state index in [0.717, 1.165) is 37.8 Å². The molecule has 1 aliphatic carbocycles. The normalized spacial score (nSPS) is 15.8. The zero-order valence-corrected chi connectivity index (χ0v) is 31.4. The Kier molecular flexibility index (Phi) is 16.0. The molecule has 4 atom stereocenters. The van der Waals surface area contributed by atoms with E-state index < -0.39 is 41.8 Å². The van der Waals surface area contributed by atoms with E-state index in [2.05, 4.69) is 15.3 Å². The summed E-state index contributed by atoms with van der Waals surface area (Å²) in [6, 6.07) is 10.9. The van der Waals surface area contributed by atoms with Crippen LogP contribution in [-0.2, 0) is 33.8 Å². The largest absolute Gasteiger partial charge is 0.390 e. The van der Waals surface area contributed by atoms with E-state index in [0.29, 0.717) is 36.6 Å². The molecule has 3 amide bonds. The smallest absolute Gasteiger partial charge is 0.241 e. The molecule has 1 aromatic carbocycles. The summed E-state index contributed by atoms with van der Waals surface area (Å²) >= 11 is 1.22. The van der Waals surface area contributed by atoms with Gasteiger partial charge in [0.25, 0.3) is 0 Å². The number of rotatable bonds is 19. The molecular formula is C39H55FN6O5S. The number of hydrogen-bond donors (Lipinski definition) is 4. The highest BCUT2D eigenvalue weighted by molar-refractivity contribution is 7.13. The number of nitrogens with zero attached hydrogens (tertiary/aromatic N) is 4. The zero-order chi connectivity index (χ0) is 37.6. The van der Waals surface area contributed by atoms with Gasteiger partial charge in [-0.1, -0.05) is 70.2 Å². The number of thiazole rings is 1. The first-order valence-electron chi connectivity index (χ1n) is 18.4. The molecule has 4 rings (SSSR count). The van der Waals surface area contributed by atoms with Crippen LogP contribution >= 0.6 is 11.3 Å².